The summed E-state index contributed by atoms with van der Waals surface area (Å²) >= 11 is 0. The molecule has 0 fully saturated rings. The number of aryl methyl sites for hydroxylation is 2. The normalized spacial score (nSPS) is 22.1. The molecule has 0 saturated carbocycles. The van der Waals surface area contributed by atoms with Crippen LogP contribution in [-0.4, -0.2) is 0 Å². The summed E-state index contributed by atoms with van der Waals surface area (Å²) in [4.78, 5) is 0. The average Bonchev–Trinajstić information content (AvgIpc) is 2.46. The summed E-state index contributed by atoms with van der Waals surface area (Å²) in [7, 11) is 0. The van der Waals surface area contributed by atoms with E-state index in [-0.39, 0.29) is 0 Å². The molecule has 0 heteroatoms. The van der Waals surface area contributed by atoms with Crippen LogP contribution in [0, 0.1) is 18.3 Å². The first-order chi connectivity index (χ1) is 10.8. The number of allylic oxidation sites excluding steroid dienone is 2. The van der Waals surface area contributed by atoms with Crippen molar-refractivity contribution in [3.05, 3.63) is 46.5 Å². The van der Waals surface area contributed by atoms with Crippen molar-refractivity contribution in [2.45, 2.75) is 86.0 Å². The molecule has 0 radical (unpaired) electrons. The van der Waals surface area contributed by atoms with Gasteiger partial charge in [0.15, 0.2) is 0 Å². The lowest BCUT2D eigenvalue weighted by Gasteiger charge is -2.40. The van der Waals surface area contributed by atoms with E-state index in [1.807, 2.05) is 0 Å². The summed E-state index contributed by atoms with van der Waals surface area (Å²) in [6.45, 7) is 14.1. The van der Waals surface area contributed by atoms with Crippen LogP contribution >= 0.6 is 0 Å². The molecule has 2 atom stereocenters. The summed E-state index contributed by atoms with van der Waals surface area (Å²) in [5, 5.41) is 0. The topological polar surface area (TPSA) is 0 Å². The molecule has 1 aliphatic rings. The van der Waals surface area contributed by atoms with Crippen LogP contribution in [0.2, 0.25) is 0 Å². The standard InChI is InChI=1S/C23H36/c1-7-8-9-10-19-12-13-20(18(3)16-19)21-15-17(2)11-14-22(21)23(4,5)6/h12-13,15-16,21-22H,7-11,14H2,1-6H3. The molecular formula is C23H36. The van der Waals surface area contributed by atoms with Gasteiger partial charge in [0.05, 0.1) is 0 Å². The van der Waals surface area contributed by atoms with Crippen molar-refractivity contribution in [1.29, 1.82) is 0 Å². The molecule has 1 aromatic rings. The van der Waals surface area contributed by atoms with Gasteiger partial charge in [-0.15, -0.1) is 0 Å². The van der Waals surface area contributed by atoms with Crippen LogP contribution < -0.4 is 0 Å². The van der Waals surface area contributed by atoms with Crippen LogP contribution in [-0.2, 0) is 6.42 Å². The van der Waals surface area contributed by atoms with Gasteiger partial charge in [-0.05, 0) is 67.6 Å². The summed E-state index contributed by atoms with van der Waals surface area (Å²) in [5.74, 6) is 1.34. The first kappa shape index (κ1) is 18.3. The van der Waals surface area contributed by atoms with Gasteiger partial charge in [0.2, 0.25) is 0 Å². The molecule has 1 aliphatic carbocycles. The van der Waals surface area contributed by atoms with E-state index in [1.54, 1.807) is 11.1 Å². The molecule has 0 bridgehead atoms. The Morgan fingerprint density at radius 3 is 2.43 bits per heavy atom. The first-order valence-electron chi connectivity index (χ1n) is 9.59. The van der Waals surface area contributed by atoms with Crippen LogP contribution in [0.15, 0.2) is 29.8 Å². The Bertz CT molecular complexity index is 542. The summed E-state index contributed by atoms with van der Waals surface area (Å²) in [6.07, 6.45) is 10.4. The fraction of sp³-hybridized carbons (Fsp3) is 0.652. The Morgan fingerprint density at radius 1 is 1.09 bits per heavy atom. The van der Waals surface area contributed by atoms with Gasteiger partial charge in [-0.3, -0.25) is 0 Å². The molecule has 0 heterocycles. The second-order valence-electron chi connectivity index (χ2n) is 8.70. The van der Waals surface area contributed by atoms with E-state index < -0.39 is 0 Å². The van der Waals surface area contributed by atoms with Crippen molar-refractivity contribution in [2.24, 2.45) is 11.3 Å². The zero-order chi connectivity index (χ0) is 17.0. The zero-order valence-electron chi connectivity index (χ0n) is 16.2. The minimum absolute atomic E-state index is 0.369. The number of hydrogen-bond acceptors (Lipinski definition) is 0. The maximum atomic E-state index is 2.55. The second kappa shape index (κ2) is 7.69. The van der Waals surface area contributed by atoms with Crippen LogP contribution in [0.5, 0.6) is 0 Å². The van der Waals surface area contributed by atoms with Gasteiger partial charge in [0.1, 0.15) is 0 Å². The minimum atomic E-state index is 0.369. The zero-order valence-corrected chi connectivity index (χ0v) is 16.2. The highest BCUT2D eigenvalue weighted by Crippen LogP contribution is 2.46. The molecule has 0 N–H and O–H groups in total. The van der Waals surface area contributed by atoms with E-state index in [1.165, 1.54) is 49.7 Å². The lowest BCUT2D eigenvalue weighted by atomic mass is 9.65. The predicted octanol–water partition coefficient (Wildman–Crippen LogP) is 7.21. The average molecular weight is 313 g/mol. The Balaban J connectivity index is 2.26. The monoisotopic (exact) mass is 312 g/mol. The maximum absolute atomic E-state index is 2.55. The second-order valence-corrected chi connectivity index (χ2v) is 8.70. The molecular weight excluding hydrogens is 276 g/mol. The van der Waals surface area contributed by atoms with Crippen LogP contribution in [0.25, 0.3) is 0 Å². The van der Waals surface area contributed by atoms with Gasteiger partial charge >= 0.3 is 0 Å². The highest BCUT2D eigenvalue weighted by Gasteiger charge is 2.34. The molecule has 2 rings (SSSR count). The van der Waals surface area contributed by atoms with E-state index in [0.717, 1.165) is 5.92 Å². The van der Waals surface area contributed by atoms with Gasteiger partial charge in [0.25, 0.3) is 0 Å². The third-order valence-electron chi connectivity index (χ3n) is 5.62. The first-order valence-corrected chi connectivity index (χ1v) is 9.59. The molecule has 0 amide bonds. The van der Waals surface area contributed by atoms with E-state index in [0.29, 0.717) is 11.3 Å². The molecule has 0 saturated heterocycles. The van der Waals surface area contributed by atoms with Crippen molar-refractivity contribution in [3.8, 4) is 0 Å². The third kappa shape index (κ3) is 4.72. The fourth-order valence-electron chi connectivity index (χ4n) is 4.19. The summed E-state index contributed by atoms with van der Waals surface area (Å²) in [6, 6.07) is 7.26. The van der Waals surface area contributed by atoms with Crippen LogP contribution in [0.3, 0.4) is 0 Å². The lowest BCUT2D eigenvalue weighted by Crippen LogP contribution is -2.29. The molecule has 0 nitrogen and oxygen atoms in total. The number of benzene rings is 1. The molecule has 128 valence electrons. The van der Waals surface area contributed by atoms with Gasteiger partial charge in [-0.1, -0.05) is 70.4 Å². The molecule has 0 spiro atoms. The molecule has 23 heavy (non-hydrogen) atoms. The summed E-state index contributed by atoms with van der Waals surface area (Å²) in [5.41, 5.74) is 6.51. The minimum Gasteiger partial charge on any atom is -0.0778 e. The molecule has 1 aromatic carbocycles. The van der Waals surface area contributed by atoms with Crippen LogP contribution in [0.4, 0.5) is 0 Å². The number of unbranched alkanes of at least 4 members (excludes halogenated alkanes) is 2. The van der Waals surface area contributed by atoms with Crippen molar-refractivity contribution in [1.82, 2.24) is 0 Å². The van der Waals surface area contributed by atoms with Crippen molar-refractivity contribution in [3.63, 3.8) is 0 Å². The quantitative estimate of drug-likeness (QED) is 0.398. The number of hydrogen-bond donors (Lipinski definition) is 0. The Morgan fingerprint density at radius 2 is 1.83 bits per heavy atom. The fourth-order valence-corrected chi connectivity index (χ4v) is 4.19. The number of rotatable bonds is 5. The van der Waals surface area contributed by atoms with Crippen molar-refractivity contribution >= 4 is 0 Å². The van der Waals surface area contributed by atoms with E-state index >= 15 is 0 Å². The highest BCUT2D eigenvalue weighted by atomic mass is 14.4. The van der Waals surface area contributed by atoms with Gasteiger partial charge < -0.3 is 0 Å². The molecule has 2 unspecified atom stereocenters. The Kier molecular flexibility index (Phi) is 6.12. The SMILES string of the molecule is CCCCCc1ccc(C2C=C(C)CCC2C(C)(C)C)c(C)c1. The van der Waals surface area contributed by atoms with E-state index in [9.17, 15) is 0 Å². The Hall–Kier alpha value is -1.04. The van der Waals surface area contributed by atoms with Crippen molar-refractivity contribution < 1.29 is 0 Å². The molecule has 0 aliphatic heterocycles. The van der Waals surface area contributed by atoms with Crippen molar-refractivity contribution in [2.75, 3.05) is 0 Å². The van der Waals surface area contributed by atoms with Gasteiger partial charge in [0, 0.05) is 5.92 Å². The van der Waals surface area contributed by atoms with Gasteiger partial charge in [-0.25, -0.2) is 0 Å². The Labute approximate surface area is 144 Å². The summed E-state index contributed by atoms with van der Waals surface area (Å²) < 4.78 is 0. The smallest absolute Gasteiger partial charge is 0.00565 e. The third-order valence-corrected chi connectivity index (χ3v) is 5.62. The molecule has 0 aromatic heterocycles. The maximum Gasteiger partial charge on any atom is 0.00565 e. The van der Waals surface area contributed by atoms with E-state index in [4.69, 9.17) is 0 Å². The lowest BCUT2D eigenvalue weighted by molar-refractivity contribution is 0.197. The largest absolute Gasteiger partial charge is 0.0778 e. The van der Waals surface area contributed by atoms with Crippen LogP contribution in [0.1, 0.15) is 89.3 Å². The highest BCUT2D eigenvalue weighted by molar-refractivity contribution is 5.38. The van der Waals surface area contributed by atoms with E-state index in [2.05, 4.69) is 65.8 Å². The van der Waals surface area contributed by atoms with Gasteiger partial charge in [-0.2, -0.15) is 0 Å². The predicted molar refractivity (Wildman–Crippen MR) is 103 cm³/mol.